The Kier molecular flexibility index (Phi) is 3.66. The third-order valence-electron chi connectivity index (χ3n) is 2.51. The first kappa shape index (κ1) is 12.3. The molecule has 17 heavy (non-hydrogen) atoms. The summed E-state index contributed by atoms with van der Waals surface area (Å²) < 4.78 is 28.2. The topological polar surface area (TPSA) is 78.4 Å². The van der Waals surface area contributed by atoms with Crippen LogP contribution < -0.4 is 9.44 Å². The number of aliphatic hydroxyl groups excluding tert-OH is 1. The van der Waals surface area contributed by atoms with Crippen molar-refractivity contribution in [2.75, 3.05) is 11.3 Å². The quantitative estimate of drug-likeness (QED) is 0.698. The lowest BCUT2D eigenvalue weighted by Gasteiger charge is -2.08. The molecule has 0 amide bonds. The maximum absolute atomic E-state index is 11.6. The van der Waals surface area contributed by atoms with E-state index in [0.717, 1.165) is 18.4 Å². The molecule has 1 fully saturated rings. The molecule has 0 spiro atoms. The van der Waals surface area contributed by atoms with E-state index >= 15 is 0 Å². The highest BCUT2D eigenvalue weighted by atomic mass is 32.2. The van der Waals surface area contributed by atoms with Crippen LogP contribution >= 0.6 is 0 Å². The van der Waals surface area contributed by atoms with Gasteiger partial charge in [-0.1, -0.05) is 12.1 Å². The summed E-state index contributed by atoms with van der Waals surface area (Å²) >= 11 is 0. The van der Waals surface area contributed by atoms with Crippen LogP contribution in [0.2, 0.25) is 0 Å². The smallest absolute Gasteiger partial charge is 0.299 e. The number of hydrogen-bond acceptors (Lipinski definition) is 3. The van der Waals surface area contributed by atoms with E-state index in [1.807, 2.05) is 0 Å². The van der Waals surface area contributed by atoms with Gasteiger partial charge in [0.2, 0.25) is 0 Å². The molecule has 6 heteroatoms. The summed E-state index contributed by atoms with van der Waals surface area (Å²) in [6.45, 7) is 0.0916. The van der Waals surface area contributed by atoms with Crippen LogP contribution in [-0.2, 0) is 16.6 Å². The van der Waals surface area contributed by atoms with Crippen molar-refractivity contribution in [3.8, 4) is 0 Å². The summed E-state index contributed by atoms with van der Waals surface area (Å²) in [7, 11) is -3.45. The fourth-order valence-electron chi connectivity index (χ4n) is 1.47. The molecule has 0 aliphatic heterocycles. The molecule has 0 aromatic heterocycles. The lowest BCUT2D eigenvalue weighted by atomic mass is 10.1. The minimum absolute atomic E-state index is 0.0916. The van der Waals surface area contributed by atoms with Crippen LogP contribution in [0.4, 0.5) is 5.69 Å². The van der Waals surface area contributed by atoms with Crippen molar-refractivity contribution in [3.63, 3.8) is 0 Å². The van der Waals surface area contributed by atoms with E-state index in [9.17, 15) is 8.42 Å². The SMILES string of the molecule is O=S(=O)(Nc1ccc(CCO)cc1)NC1CC1. The number of benzene rings is 1. The maximum Gasteiger partial charge on any atom is 0.299 e. The third-order valence-corrected chi connectivity index (χ3v) is 3.65. The Bertz CT molecular complexity index is 466. The van der Waals surface area contributed by atoms with E-state index in [-0.39, 0.29) is 12.6 Å². The largest absolute Gasteiger partial charge is 0.396 e. The van der Waals surface area contributed by atoms with E-state index in [1.165, 1.54) is 0 Å². The Hall–Kier alpha value is -1.11. The van der Waals surface area contributed by atoms with Crippen molar-refractivity contribution in [2.45, 2.75) is 25.3 Å². The second kappa shape index (κ2) is 5.03. The van der Waals surface area contributed by atoms with E-state index in [4.69, 9.17) is 5.11 Å². The van der Waals surface area contributed by atoms with E-state index in [1.54, 1.807) is 24.3 Å². The standard InChI is InChI=1S/C11H16N2O3S/c14-8-7-9-1-3-10(4-2-9)12-17(15,16)13-11-5-6-11/h1-4,11-14H,5-8H2. The molecule has 1 saturated carbocycles. The van der Waals surface area contributed by atoms with Gasteiger partial charge in [-0.2, -0.15) is 13.1 Å². The molecule has 1 aromatic rings. The third kappa shape index (κ3) is 3.99. The molecule has 5 nitrogen and oxygen atoms in total. The number of aliphatic hydroxyl groups is 1. The molecule has 0 atom stereocenters. The van der Waals surface area contributed by atoms with Gasteiger partial charge in [-0.3, -0.25) is 4.72 Å². The number of hydrogen-bond donors (Lipinski definition) is 3. The Morgan fingerprint density at radius 2 is 1.88 bits per heavy atom. The predicted octanol–water partition coefficient (Wildman–Crippen LogP) is 0.630. The highest BCUT2D eigenvalue weighted by molar-refractivity contribution is 7.90. The first-order valence-electron chi connectivity index (χ1n) is 5.59. The van der Waals surface area contributed by atoms with Crippen molar-refractivity contribution in [1.82, 2.24) is 4.72 Å². The van der Waals surface area contributed by atoms with Crippen LogP contribution in [0.3, 0.4) is 0 Å². The minimum Gasteiger partial charge on any atom is -0.396 e. The van der Waals surface area contributed by atoms with E-state index < -0.39 is 10.2 Å². The Morgan fingerprint density at radius 1 is 1.24 bits per heavy atom. The van der Waals surface area contributed by atoms with Crippen LogP contribution in [0, 0.1) is 0 Å². The van der Waals surface area contributed by atoms with Gasteiger partial charge in [-0.05, 0) is 37.0 Å². The highest BCUT2D eigenvalue weighted by Crippen LogP contribution is 2.20. The summed E-state index contributed by atoms with van der Waals surface area (Å²) in [5, 5.41) is 8.76. The lowest BCUT2D eigenvalue weighted by molar-refractivity contribution is 0.299. The molecule has 1 aliphatic rings. The first-order chi connectivity index (χ1) is 8.09. The minimum atomic E-state index is -3.45. The summed E-state index contributed by atoms with van der Waals surface area (Å²) in [6.07, 6.45) is 2.40. The van der Waals surface area contributed by atoms with Crippen molar-refractivity contribution in [3.05, 3.63) is 29.8 Å². The van der Waals surface area contributed by atoms with Gasteiger partial charge >= 0.3 is 0 Å². The molecule has 1 aromatic carbocycles. The summed E-state index contributed by atoms with van der Waals surface area (Å²) in [5.74, 6) is 0. The van der Waals surface area contributed by atoms with Gasteiger partial charge in [0.25, 0.3) is 10.2 Å². The summed E-state index contributed by atoms with van der Waals surface area (Å²) in [6, 6.07) is 7.08. The van der Waals surface area contributed by atoms with Crippen LogP contribution in [-0.4, -0.2) is 26.2 Å². The highest BCUT2D eigenvalue weighted by Gasteiger charge is 2.26. The molecule has 0 radical (unpaired) electrons. The van der Waals surface area contributed by atoms with Crippen molar-refractivity contribution in [2.24, 2.45) is 0 Å². The normalized spacial score (nSPS) is 15.8. The van der Waals surface area contributed by atoms with E-state index in [2.05, 4.69) is 9.44 Å². The fraction of sp³-hybridized carbons (Fsp3) is 0.455. The van der Waals surface area contributed by atoms with Crippen LogP contribution in [0.25, 0.3) is 0 Å². The maximum atomic E-state index is 11.6. The Balaban J connectivity index is 1.97. The van der Waals surface area contributed by atoms with E-state index in [0.29, 0.717) is 12.1 Å². The van der Waals surface area contributed by atoms with Crippen molar-refractivity contribution in [1.29, 1.82) is 0 Å². The molecule has 0 heterocycles. The van der Waals surface area contributed by atoms with Gasteiger partial charge < -0.3 is 5.11 Å². The number of rotatable bonds is 6. The van der Waals surface area contributed by atoms with Crippen LogP contribution in [0.1, 0.15) is 18.4 Å². The zero-order valence-corrected chi connectivity index (χ0v) is 10.2. The molecule has 0 unspecified atom stereocenters. The van der Waals surface area contributed by atoms with Crippen LogP contribution in [0.15, 0.2) is 24.3 Å². The molecule has 3 N–H and O–H groups in total. The Morgan fingerprint density at radius 3 is 2.41 bits per heavy atom. The molecule has 94 valence electrons. The fourth-order valence-corrected chi connectivity index (χ4v) is 2.65. The average molecular weight is 256 g/mol. The predicted molar refractivity (Wildman–Crippen MR) is 65.9 cm³/mol. The van der Waals surface area contributed by atoms with Gasteiger partial charge in [-0.15, -0.1) is 0 Å². The molecular formula is C11H16N2O3S. The van der Waals surface area contributed by atoms with Gasteiger partial charge in [0, 0.05) is 18.3 Å². The molecular weight excluding hydrogens is 240 g/mol. The van der Waals surface area contributed by atoms with Crippen LogP contribution in [0.5, 0.6) is 0 Å². The zero-order valence-electron chi connectivity index (χ0n) is 9.39. The van der Waals surface area contributed by atoms with Gasteiger partial charge in [-0.25, -0.2) is 0 Å². The molecule has 2 rings (SSSR count). The molecule has 0 saturated heterocycles. The second-order valence-corrected chi connectivity index (χ2v) is 5.61. The van der Waals surface area contributed by atoms with Crippen molar-refractivity contribution >= 4 is 15.9 Å². The lowest BCUT2D eigenvalue weighted by Crippen LogP contribution is -2.31. The summed E-state index contributed by atoms with van der Waals surface area (Å²) in [4.78, 5) is 0. The Labute approximate surface area is 101 Å². The van der Waals surface area contributed by atoms with Gasteiger partial charge in [0.05, 0.1) is 0 Å². The molecule has 0 bridgehead atoms. The molecule has 1 aliphatic carbocycles. The zero-order chi connectivity index (χ0) is 12.3. The van der Waals surface area contributed by atoms with Gasteiger partial charge in [0.1, 0.15) is 0 Å². The average Bonchev–Trinajstić information content (AvgIpc) is 3.04. The second-order valence-electron chi connectivity index (χ2n) is 4.17. The first-order valence-corrected chi connectivity index (χ1v) is 7.07. The number of anilines is 1. The van der Waals surface area contributed by atoms with Crippen molar-refractivity contribution < 1.29 is 13.5 Å². The number of nitrogens with one attached hydrogen (secondary N) is 2. The summed E-state index contributed by atoms with van der Waals surface area (Å²) in [5.41, 5.74) is 1.51. The van der Waals surface area contributed by atoms with Gasteiger partial charge in [0.15, 0.2) is 0 Å². The monoisotopic (exact) mass is 256 g/mol.